The van der Waals surface area contributed by atoms with Gasteiger partial charge in [0.2, 0.25) is 0 Å². The number of hydrogen-bond donors (Lipinski definition) is 2. The van der Waals surface area contributed by atoms with E-state index in [1.165, 1.54) is 36.4 Å². The molecule has 0 unspecified atom stereocenters. The minimum atomic E-state index is -4.28. The van der Waals surface area contributed by atoms with E-state index in [0.29, 0.717) is 20.9 Å². The van der Waals surface area contributed by atoms with E-state index in [9.17, 15) is 18.0 Å². The van der Waals surface area contributed by atoms with Gasteiger partial charge in [0, 0.05) is 0 Å². The number of rotatable bonds is 4. The summed E-state index contributed by atoms with van der Waals surface area (Å²) in [5.41, 5.74) is 1.47. The zero-order valence-corrected chi connectivity index (χ0v) is 14.8. The van der Waals surface area contributed by atoms with Gasteiger partial charge in [-0.25, -0.2) is 4.79 Å². The minimum absolute atomic E-state index is 0.133. The average molecular weight is 394 g/mol. The molecule has 0 spiro atoms. The Balaban J connectivity index is 2.07. The van der Waals surface area contributed by atoms with Crippen molar-refractivity contribution in [3.63, 3.8) is 0 Å². The van der Waals surface area contributed by atoms with Gasteiger partial charge >= 0.3 is 5.97 Å². The molecule has 0 saturated heterocycles. The van der Waals surface area contributed by atoms with Crippen LogP contribution in [0.3, 0.4) is 0 Å². The predicted octanol–water partition coefficient (Wildman–Crippen LogP) is 3.45. The summed E-state index contributed by atoms with van der Waals surface area (Å²) in [5, 5.41) is 8.96. The molecule has 0 atom stereocenters. The van der Waals surface area contributed by atoms with E-state index in [-0.39, 0.29) is 14.5 Å². The highest BCUT2D eigenvalue weighted by Crippen LogP contribution is 2.37. The maximum atomic E-state index is 11.9. The van der Waals surface area contributed by atoms with Gasteiger partial charge in [0.25, 0.3) is 14.2 Å². The fourth-order valence-electron chi connectivity index (χ4n) is 2.20. The molecule has 0 radical (unpaired) electrons. The van der Waals surface area contributed by atoms with E-state index in [1.807, 2.05) is 0 Å². The Bertz CT molecular complexity index is 1090. The third kappa shape index (κ3) is 3.69. The second-order valence-corrected chi connectivity index (χ2v) is 8.64. The van der Waals surface area contributed by atoms with Gasteiger partial charge in [0.05, 0.1) is 20.2 Å². The van der Waals surface area contributed by atoms with Gasteiger partial charge in [0.15, 0.2) is 0 Å². The molecule has 0 fully saturated rings. The van der Waals surface area contributed by atoms with Crippen molar-refractivity contribution in [2.75, 3.05) is 0 Å². The quantitative estimate of drug-likeness (QED) is 0.656. The Hall–Kier alpha value is -2.33. The monoisotopic (exact) mass is 394 g/mol. The number of benzene rings is 2. The van der Waals surface area contributed by atoms with Crippen molar-refractivity contribution < 1.29 is 22.9 Å². The van der Waals surface area contributed by atoms with Crippen molar-refractivity contribution in [1.29, 1.82) is 0 Å². The third-order valence-electron chi connectivity index (χ3n) is 3.39. The van der Waals surface area contributed by atoms with Crippen molar-refractivity contribution >= 4 is 38.8 Å². The first-order valence-corrected chi connectivity index (χ1v) is 9.88. The predicted molar refractivity (Wildman–Crippen MR) is 96.1 cm³/mol. The zero-order valence-electron chi connectivity index (χ0n) is 12.4. The molecule has 0 saturated carbocycles. The Morgan fingerprint density at radius 2 is 1.28 bits per heavy atom. The lowest BCUT2D eigenvalue weighted by molar-refractivity contribution is 0.0697. The first-order chi connectivity index (χ1) is 11.8. The molecule has 0 amide bonds. The Labute approximate surface area is 150 Å². The van der Waals surface area contributed by atoms with Crippen molar-refractivity contribution in [2.45, 2.75) is 4.90 Å². The van der Waals surface area contributed by atoms with Gasteiger partial charge < -0.3 is 5.11 Å². The summed E-state index contributed by atoms with van der Waals surface area (Å²) in [6.45, 7) is 0. The molecule has 9 heteroatoms. The van der Waals surface area contributed by atoms with E-state index in [1.54, 1.807) is 12.1 Å². The van der Waals surface area contributed by atoms with E-state index < -0.39 is 16.1 Å². The van der Waals surface area contributed by atoms with Crippen molar-refractivity contribution in [2.24, 2.45) is 0 Å². The Kier molecular flexibility index (Phi) is 4.56. The molecule has 25 heavy (non-hydrogen) atoms. The smallest absolute Gasteiger partial charge is 0.335 e. The summed E-state index contributed by atoms with van der Waals surface area (Å²) in [6, 6.07) is 11.7. The topological polar surface area (TPSA) is 109 Å². The second-order valence-electron chi connectivity index (χ2n) is 4.99. The van der Waals surface area contributed by atoms with Gasteiger partial charge in [-0.05, 0) is 35.4 Å². The minimum Gasteiger partial charge on any atom is -0.478 e. The van der Waals surface area contributed by atoms with Crippen molar-refractivity contribution in [3.8, 4) is 20.9 Å². The Morgan fingerprint density at radius 1 is 0.840 bits per heavy atom. The lowest BCUT2D eigenvalue weighted by Crippen LogP contribution is -1.97. The molecule has 0 bridgehead atoms. The first kappa shape index (κ1) is 17.5. The van der Waals surface area contributed by atoms with Gasteiger partial charge in [-0.2, -0.15) is 8.42 Å². The highest BCUT2D eigenvalue weighted by Gasteiger charge is 2.15. The fraction of sp³-hybridized carbons (Fsp3) is 0. The van der Waals surface area contributed by atoms with Gasteiger partial charge in [-0.15, -0.1) is 0 Å². The number of hydrogen-bond acceptors (Lipinski definition) is 6. The summed E-state index contributed by atoms with van der Waals surface area (Å²) in [6.07, 6.45) is 0. The van der Waals surface area contributed by atoms with Crippen LogP contribution in [-0.4, -0.2) is 24.0 Å². The maximum Gasteiger partial charge on any atom is 0.335 e. The molecule has 0 aliphatic carbocycles. The summed E-state index contributed by atoms with van der Waals surface area (Å²) in [5.74, 6) is -1.04. The van der Waals surface area contributed by atoms with Crippen LogP contribution in [0.1, 0.15) is 10.4 Å². The fourth-order valence-corrected chi connectivity index (χ4v) is 4.86. The van der Waals surface area contributed by atoms with E-state index in [4.69, 9.17) is 9.66 Å². The van der Waals surface area contributed by atoms with E-state index >= 15 is 0 Å². The molecule has 1 aromatic heterocycles. The van der Waals surface area contributed by atoms with Crippen LogP contribution in [0.4, 0.5) is 0 Å². The molecule has 0 aliphatic rings. The molecule has 3 aromatic rings. The molecule has 3 rings (SSSR count). The van der Waals surface area contributed by atoms with Crippen LogP contribution < -0.4 is 4.06 Å². The Morgan fingerprint density at radius 3 is 1.68 bits per heavy atom. The van der Waals surface area contributed by atoms with Gasteiger partial charge in [0.1, 0.15) is 0 Å². The lowest BCUT2D eigenvalue weighted by Gasteiger charge is -2.05. The first-order valence-electron chi connectivity index (χ1n) is 6.81. The van der Waals surface area contributed by atoms with Crippen LogP contribution in [0.2, 0.25) is 0 Å². The number of carbonyl (C=O) groups is 1. The molecule has 1 heterocycles. The summed E-state index contributed by atoms with van der Waals surface area (Å²) < 4.78 is 31.1. The molecular formula is C16H10O6S3. The van der Waals surface area contributed by atoms with Crippen LogP contribution in [0.15, 0.2) is 58.2 Å². The normalized spacial score (nSPS) is 11.4. The van der Waals surface area contributed by atoms with Crippen LogP contribution in [-0.2, 0) is 10.1 Å². The molecule has 2 N–H and O–H groups in total. The molecule has 6 nitrogen and oxygen atoms in total. The second kappa shape index (κ2) is 6.52. The van der Waals surface area contributed by atoms with Crippen LogP contribution in [0.5, 0.6) is 0 Å². The largest absolute Gasteiger partial charge is 0.478 e. The average Bonchev–Trinajstić information content (AvgIpc) is 2.96. The standard InChI is InChI=1S/C16H10O6S3/c17-15(18)11-3-1-9(2-4-11)13-14(24-16(19)23-13)10-5-7-12(8-6-10)25(20,21)22/h1-8H,(H,17,18)(H,20,21,22). The molecular weight excluding hydrogens is 384 g/mol. The lowest BCUT2D eigenvalue weighted by atomic mass is 10.1. The third-order valence-corrected chi connectivity index (χ3v) is 6.50. The van der Waals surface area contributed by atoms with Crippen LogP contribution in [0, 0.1) is 0 Å². The zero-order chi connectivity index (χ0) is 18.2. The molecule has 2 aromatic carbocycles. The molecule has 128 valence electrons. The van der Waals surface area contributed by atoms with Crippen LogP contribution in [0.25, 0.3) is 20.9 Å². The number of carboxylic acids is 1. The van der Waals surface area contributed by atoms with Gasteiger partial charge in [-0.3, -0.25) is 9.35 Å². The summed E-state index contributed by atoms with van der Waals surface area (Å²) >= 11 is 2.06. The number of carboxylic acid groups (broad SMARTS) is 1. The number of aromatic carboxylic acids is 1. The SMILES string of the molecule is O=C(O)c1ccc(-c2sc(=O)sc2-c2ccc(S(=O)(=O)O)cc2)cc1. The van der Waals surface area contributed by atoms with Crippen molar-refractivity contribution in [3.05, 3.63) is 62.9 Å². The highest BCUT2D eigenvalue weighted by atomic mass is 32.2. The summed E-state index contributed by atoms with van der Waals surface area (Å²) in [4.78, 5) is 23.9. The molecule has 0 aliphatic heterocycles. The van der Waals surface area contributed by atoms with Crippen molar-refractivity contribution in [1.82, 2.24) is 0 Å². The van der Waals surface area contributed by atoms with E-state index in [2.05, 4.69) is 0 Å². The summed E-state index contributed by atoms with van der Waals surface area (Å²) in [7, 11) is -4.28. The van der Waals surface area contributed by atoms with Crippen LogP contribution >= 0.6 is 22.7 Å². The van der Waals surface area contributed by atoms with Gasteiger partial charge in [-0.1, -0.05) is 46.9 Å². The highest BCUT2D eigenvalue weighted by molar-refractivity contribution is 7.85. The van der Waals surface area contributed by atoms with E-state index in [0.717, 1.165) is 22.7 Å². The maximum absolute atomic E-state index is 11.9.